The molecular weight excluding hydrogens is 534 g/mol. The number of nitrogens with zero attached hydrogens (tertiary/aromatic N) is 4. The molecule has 0 radical (unpaired) electrons. The fourth-order valence-corrected chi connectivity index (χ4v) is 7.46. The minimum atomic E-state index is -3.70. The smallest absolute Gasteiger partial charge is 0.318 e. The van der Waals surface area contributed by atoms with E-state index in [1.54, 1.807) is 34.1 Å². The summed E-state index contributed by atoms with van der Waals surface area (Å²) in [7, 11) is -2.17. The molecule has 12 heteroatoms. The van der Waals surface area contributed by atoms with Crippen LogP contribution in [0.4, 0.5) is 4.79 Å². The number of methoxy groups -OCH3 is 1. The van der Waals surface area contributed by atoms with Gasteiger partial charge in [-0.1, -0.05) is 19.9 Å². The maximum Gasteiger partial charge on any atom is 0.318 e. The highest BCUT2D eigenvalue weighted by Crippen LogP contribution is 2.35. The molecule has 216 valence electrons. The van der Waals surface area contributed by atoms with E-state index < -0.39 is 16.1 Å². The van der Waals surface area contributed by atoms with Gasteiger partial charge in [0.05, 0.1) is 12.0 Å². The second kappa shape index (κ2) is 11.2. The monoisotopic (exact) mass is 571 g/mol. The van der Waals surface area contributed by atoms with Crippen molar-refractivity contribution in [2.24, 2.45) is 11.8 Å². The molecule has 2 fully saturated rings. The van der Waals surface area contributed by atoms with E-state index in [0.29, 0.717) is 25.4 Å². The third-order valence-corrected chi connectivity index (χ3v) is 10.1. The summed E-state index contributed by atoms with van der Waals surface area (Å²) < 4.78 is 34.5. The Morgan fingerprint density at radius 2 is 1.65 bits per heavy atom. The summed E-state index contributed by atoms with van der Waals surface area (Å²) in [6.07, 6.45) is 0.934. The summed E-state index contributed by atoms with van der Waals surface area (Å²) >= 11 is 0. The van der Waals surface area contributed by atoms with Gasteiger partial charge >= 0.3 is 6.03 Å². The highest BCUT2D eigenvalue weighted by Gasteiger charge is 2.39. The van der Waals surface area contributed by atoms with Gasteiger partial charge in [-0.25, -0.2) is 13.2 Å². The van der Waals surface area contributed by atoms with E-state index in [1.165, 1.54) is 23.5 Å². The topological polar surface area (TPSA) is 121 Å². The van der Waals surface area contributed by atoms with Gasteiger partial charge in [0.2, 0.25) is 15.9 Å². The predicted octanol–water partition coefficient (Wildman–Crippen LogP) is 1.54. The average molecular weight is 572 g/mol. The molecule has 5 rings (SSSR count). The number of carbonyl (C=O) groups is 2. The Morgan fingerprint density at radius 3 is 2.30 bits per heavy atom. The van der Waals surface area contributed by atoms with Crippen molar-refractivity contribution in [2.75, 3.05) is 46.4 Å². The summed E-state index contributed by atoms with van der Waals surface area (Å²) in [6, 6.07) is 10.5. The van der Waals surface area contributed by atoms with E-state index in [4.69, 9.17) is 4.74 Å². The van der Waals surface area contributed by atoms with Crippen LogP contribution in [0.3, 0.4) is 0 Å². The van der Waals surface area contributed by atoms with Gasteiger partial charge in [-0.15, -0.1) is 0 Å². The lowest BCUT2D eigenvalue weighted by molar-refractivity contribution is -0.135. The van der Waals surface area contributed by atoms with Crippen LogP contribution in [0.1, 0.15) is 31.9 Å². The number of fused-ring (bicyclic) bond motifs is 4. The zero-order valence-electron chi connectivity index (χ0n) is 23.2. The van der Waals surface area contributed by atoms with Gasteiger partial charge in [0.15, 0.2) is 0 Å². The van der Waals surface area contributed by atoms with Gasteiger partial charge in [0.25, 0.3) is 5.56 Å². The van der Waals surface area contributed by atoms with Crippen LogP contribution >= 0.6 is 0 Å². The van der Waals surface area contributed by atoms with Gasteiger partial charge in [-0.2, -0.15) is 4.31 Å². The van der Waals surface area contributed by atoms with Crippen LogP contribution in [0.2, 0.25) is 0 Å². The molecule has 1 aromatic carbocycles. The highest BCUT2D eigenvalue weighted by molar-refractivity contribution is 7.89. The molecular formula is C28H37N5O6S. The number of carbonyl (C=O) groups excluding carboxylic acids is 2. The second-order valence-corrected chi connectivity index (χ2v) is 13.1. The molecule has 11 nitrogen and oxygen atoms in total. The number of rotatable bonds is 6. The number of amides is 3. The Bertz CT molecular complexity index is 1420. The van der Waals surface area contributed by atoms with Crippen LogP contribution in [-0.2, 0) is 21.4 Å². The Hall–Kier alpha value is -3.38. The van der Waals surface area contributed by atoms with E-state index >= 15 is 0 Å². The van der Waals surface area contributed by atoms with E-state index in [9.17, 15) is 22.8 Å². The number of hydrogen-bond acceptors (Lipinski definition) is 6. The van der Waals surface area contributed by atoms with E-state index in [1.807, 2.05) is 24.5 Å². The Balaban J connectivity index is 1.21. The molecule has 2 bridgehead atoms. The molecule has 3 aliphatic rings. The molecule has 1 aromatic heterocycles. The summed E-state index contributed by atoms with van der Waals surface area (Å²) in [6.45, 7) is 6.23. The van der Waals surface area contributed by atoms with Gasteiger partial charge in [-0.05, 0) is 48.6 Å². The molecule has 4 heterocycles. The first kappa shape index (κ1) is 28.2. The minimum absolute atomic E-state index is 0.00698. The quantitative estimate of drug-likeness (QED) is 0.562. The largest absolute Gasteiger partial charge is 0.497 e. The number of urea groups is 1. The minimum Gasteiger partial charge on any atom is -0.497 e. The average Bonchev–Trinajstić information content (AvgIpc) is 2.96. The fourth-order valence-electron chi connectivity index (χ4n) is 6.04. The first-order valence-electron chi connectivity index (χ1n) is 13.8. The lowest BCUT2D eigenvalue weighted by Gasteiger charge is -2.43. The zero-order valence-corrected chi connectivity index (χ0v) is 24.0. The van der Waals surface area contributed by atoms with Gasteiger partial charge in [0.1, 0.15) is 11.8 Å². The van der Waals surface area contributed by atoms with Crippen LogP contribution in [0.15, 0.2) is 52.2 Å². The van der Waals surface area contributed by atoms with Crippen LogP contribution in [0.25, 0.3) is 0 Å². The van der Waals surface area contributed by atoms with Crippen molar-refractivity contribution in [3.8, 4) is 5.75 Å². The molecule has 3 atom stereocenters. The normalized spacial score (nSPS) is 22.0. The molecule has 2 aromatic rings. The van der Waals surface area contributed by atoms with Crippen molar-refractivity contribution >= 4 is 22.0 Å². The van der Waals surface area contributed by atoms with Crippen molar-refractivity contribution in [1.82, 2.24) is 24.0 Å². The Labute approximate surface area is 234 Å². The number of ether oxygens (including phenoxy) is 1. The van der Waals surface area contributed by atoms with Gasteiger partial charge < -0.3 is 24.4 Å². The summed E-state index contributed by atoms with van der Waals surface area (Å²) in [5, 5.41) is 2.97. The summed E-state index contributed by atoms with van der Waals surface area (Å²) in [5.74, 6) is 0.483. The van der Waals surface area contributed by atoms with Crippen molar-refractivity contribution in [3.63, 3.8) is 0 Å². The zero-order chi connectivity index (χ0) is 28.6. The Kier molecular flexibility index (Phi) is 7.92. The van der Waals surface area contributed by atoms with Crippen molar-refractivity contribution < 1.29 is 22.7 Å². The number of piperazine rings is 1. The number of hydrogen-bond donors (Lipinski definition) is 1. The molecule has 2 saturated heterocycles. The van der Waals surface area contributed by atoms with Crippen LogP contribution < -0.4 is 15.6 Å². The number of piperidine rings is 1. The molecule has 3 aliphatic heterocycles. The third kappa shape index (κ3) is 5.46. The lowest BCUT2D eigenvalue weighted by atomic mass is 9.83. The van der Waals surface area contributed by atoms with Crippen LogP contribution in [0, 0.1) is 11.8 Å². The fraction of sp³-hybridized carbons (Fsp3) is 0.536. The molecule has 0 saturated carbocycles. The molecule has 1 N–H and O–H groups in total. The highest BCUT2D eigenvalue weighted by atomic mass is 32.2. The van der Waals surface area contributed by atoms with E-state index in [0.717, 1.165) is 12.1 Å². The van der Waals surface area contributed by atoms with Crippen molar-refractivity contribution in [1.29, 1.82) is 0 Å². The number of likely N-dealkylation sites (tertiary alicyclic amines) is 1. The molecule has 40 heavy (non-hydrogen) atoms. The third-order valence-electron chi connectivity index (χ3n) is 8.23. The lowest BCUT2D eigenvalue weighted by Crippen LogP contribution is -2.59. The number of pyridine rings is 1. The predicted molar refractivity (Wildman–Crippen MR) is 149 cm³/mol. The molecule has 0 aliphatic carbocycles. The maximum absolute atomic E-state index is 13.5. The number of nitrogens with one attached hydrogen (secondary N) is 1. The molecule has 0 spiro atoms. The SMILES string of the molecule is COc1ccc(S(=O)(=O)N2CCN(C(=O)[C@@H](NC(=O)N3C[C@H]4C[C@H](C3)c3cccc(=O)n3C4)C(C)C)CC2)cc1. The standard InChI is InChI=1S/C28H37N5O6S/c1-19(2)26(29-28(36)31-16-20-15-21(18-31)24-5-4-6-25(34)33(24)17-20)27(35)30-11-13-32(14-12-30)40(37,38)23-9-7-22(39-3)8-10-23/h4-10,19-21,26H,11-18H2,1-3H3,(H,29,36)/t20-,21-,26+/m1/s1. The first-order chi connectivity index (χ1) is 19.1. The molecule has 3 amide bonds. The van der Waals surface area contributed by atoms with E-state index in [2.05, 4.69) is 5.32 Å². The van der Waals surface area contributed by atoms with Gasteiger partial charge in [-0.3, -0.25) is 9.59 Å². The maximum atomic E-state index is 13.5. The number of benzene rings is 1. The van der Waals surface area contributed by atoms with Crippen LogP contribution in [0.5, 0.6) is 5.75 Å². The summed E-state index contributed by atoms with van der Waals surface area (Å²) in [5.41, 5.74) is 0.952. The van der Waals surface area contributed by atoms with Crippen molar-refractivity contribution in [3.05, 3.63) is 58.5 Å². The van der Waals surface area contributed by atoms with Crippen LogP contribution in [-0.4, -0.2) is 91.4 Å². The van der Waals surface area contributed by atoms with Gasteiger partial charge in [0, 0.05) is 63.5 Å². The summed E-state index contributed by atoms with van der Waals surface area (Å²) in [4.78, 5) is 42.8. The molecule has 0 unspecified atom stereocenters. The van der Waals surface area contributed by atoms with E-state index in [-0.39, 0.29) is 66.3 Å². The first-order valence-corrected chi connectivity index (χ1v) is 15.2. The Morgan fingerprint density at radius 1 is 0.950 bits per heavy atom. The number of sulfonamides is 1. The second-order valence-electron chi connectivity index (χ2n) is 11.2. The van der Waals surface area contributed by atoms with Crippen molar-refractivity contribution in [2.45, 2.75) is 43.7 Å². The number of aromatic nitrogens is 1.